The Kier molecular flexibility index (Phi) is 3.43. The van der Waals surface area contributed by atoms with Crippen molar-refractivity contribution in [2.75, 3.05) is 0 Å². The predicted octanol–water partition coefficient (Wildman–Crippen LogP) is 2.89. The van der Waals surface area contributed by atoms with Crippen LogP contribution in [0.25, 0.3) is 0 Å². The first kappa shape index (κ1) is 14.0. The maximum atomic E-state index is 13.4. The minimum absolute atomic E-state index is 0.193. The van der Waals surface area contributed by atoms with Gasteiger partial charge in [0.1, 0.15) is 11.4 Å². The lowest BCUT2D eigenvalue weighted by atomic mass is 9.80. The van der Waals surface area contributed by atoms with Crippen LogP contribution in [-0.4, -0.2) is 22.4 Å². The van der Waals surface area contributed by atoms with Gasteiger partial charge in [0.2, 0.25) is 0 Å². The number of urea groups is 1. The summed E-state index contributed by atoms with van der Waals surface area (Å²) in [6, 6.07) is 4.20. The van der Waals surface area contributed by atoms with Gasteiger partial charge in [-0.1, -0.05) is 25.3 Å². The van der Waals surface area contributed by atoms with Crippen LogP contribution < -0.4 is 5.32 Å². The third kappa shape index (κ3) is 2.30. The van der Waals surface area contributed by atoms with Gasteiger partial charge in [-0.15, -0.1) is 0 Å². The fourth-order valence-corrected chi connectivity index (χ4v) is 3.44. The van der Waals surface area contributed by atoms with E-state index < -0.39 is 5.54 Å². The molecule has 3 amide bonds. The van der Waals surface area contributed by atoms with Gasteiger partial charge in [-0.3, -0.25) is 10.1 Å². The van der Waals surface area contributed by atoms with Crippen molar-refractivity contribution >= 4 is 11.9 Å². The van der Waals surface area contributed by atoms with Gasteiger partial charge < -0.3 is 4.90 Å². The molecule has 5 heteroatoms. The number of carbonyl (C=O) groups is 2. The van der Waals surface area contributed by atoms with Crippen molar-refractivity contribution in [1.29, 1.82) is 0 Å². The Morgan fingerprint density at radius 3 is 2.67 bits per heavy atom. The lowest BCUT2D eigenvalue weighted by molar-refractivity contribution is -0.128. The summed E-state index contributed by atoms with van der Waals surface area (Å²) in [6.07, 6.45) is 4.37. The summed E-state index contributed by atoms with van der Waals surface area (Å²) in [7, 11) is 0. The second-order valence-corrected chi connectivity index (χ2v) is 6.01. The number of nitrogens with one attached hydrogen (secondary N) is 1. The molecule has 21 heavy (non-hydrogen) atoms. The van der Waals surface area contributed by atoms with Crippen LogP contribution in [0, 0.1) is 12.7 Å². The van der Waals surface area contributed by atoms with E-state index in [1.54, 1.807) is 11.0 Å². The third-order valence-corrected chi connectivity index (χ3v) is 4.73. The normalized spacial score (nSPS) is 21.0. The lowest BCUT2D eigenvalue weighted by Gasteiger charge is -2.38. The molecule has 1 aliphatic heterocycles. The first-order valence-electron chi connectivity index (χ1n) is 7.41. The highest BCUT2D eigenvalue weighted by atomic mass is 19.1. The van der Waals surface area contributed by atoms with Crippen LogP contribution >= 0.6 is 0 Å². The van der Waals surface area contributed by atoms with Crippen LogP contribution in [0.15, 0.2) is 18.2 Å². The topological polar surface area (TPSA) is 49.4 Å². The number of imide groups is 1. The Balaban J connectivity index is 1.93. The molecule has 0 aromatic heterocycles. The van der Waals surface area contributed by atoms with Crippen LogP contribution in [0.2, 0.25) is 0 Å². The van der Waals surface area contributed by atoms with E-state index in [1.165, 1.54) is 12.1 Å². The number of carbonyl (C=O) groups excluding carboxylic acids is 2. The maximum Gasteiger partial charge on any atom is 0.325 e. The van der Waals surface area contributed by atoms with E-state index in [-0.39, 0.29) is 24.3 Å². The third-order valence-electron chi connectivity index (χ3n) is 4.73. The van der Waals surface area contributed by atoms with E-state index in [0.29, 0.717) is 12.8 Å². The fourth-order valence-electron chi connectivity index (χ4n) is 3.44. The van der Waals surface area contributed by atoms with Crippen molar-refractivity contribution in [1.82, 2.24) is 10.2 Å². The van der Waals surface area contributed by atoms with Crippen molar-refractivity contribution in [3.05, 3.63) is 35.1 Å². The minimum Gasteiger partial charge on any atom is -0.305 e. The summed E-state index contributed by atoms with van der Waals surface area (Å²) in [5.41, 5.74) is 0.952. The van der Waals surface area contributed by atoms with E-state index in [9.17, 15) is 14.0 Å². The summed E-state index contributed by atoms with van der Waals surface area (Å²) in [5.74, 6) is -0.513. The molecule has 2 aliphatic rings. The average Bonchev–Trinajstić information content (AvgIpc) is 2.68. The van der Waals surface area contributed by atoms with Crippen LogP contribution in [0.5, 0.6) is 0 Å². The Morgan fingerprint density at radius 1 is 1.24 bits per heavy atom. The van der Waals surface area contributed by atoms with Gasteiger partial charge in [-0.05, 0) is 43.0 Å². The number of halogens is 1. The molecule has 1 aromatic carbocycles. The fraction of sp³-hybridized carbons (Fsp3) is 0.500. The number of aryl methyl sites for hydroxylation is 1. The summed E-state index contributed by atoms with van der Waals surface area (Å²) < 4.78 is 13.4. The highest BCUT2D eigenvalue weighted by Gasteiger charge is 2.52. The minimum atomic E-state index is -0.728. The molecule has 1 aromatic rings. The Hall–Kier alpha value is -1.91. The molecule has 0 unspecified atom stereocenters. The van der Waals surface area contributed by atoms with Crippen molar-refractivity contribution in [2.24, 2.45) is 0 Å². The van der Waals surface area contributed by atoms with E-state index in [2.05, 4.69) is 5.32 Å². The molecule has 112 valence electrons. The molecule has 4 nitrogen and oxygen atoms in total. The molecular formula is C16H19FN2O2. The second kappa shape index (κ2) is 5.13. The number of hydrogen-bond acceptors (Lipinski definition) is 2. The summed E-state index contributed by atoms with van der Waals surface area (Å²) in [4.78, 5) is 26.0. The molecule has 1 N–H and O–H groups in total. The Bertz CT molecular complexity index is 594. The standard InChI is InChI=1S/C16H19FN2O2/c1-11-5-6-13(17)9-12(11)10-19-15(21)18-14(20)16(19)7-3-2-4-8-16/h5-6,9H,2-4,7-8,10H2,1H3,(H,18,20,21). The van der Waals surface area contributed by atoms with Crippen LogP contribution in [0.4, 0.5) is 9.18 Å². The zero-order chi connectivity index (χ0) is 15.0. The highest BCUT2D eigenvalue weighted by Crippen LogP contribution is 2.38. The lowest BCUT2D eigenvalue weighted by Crippen LogP contribution is -2.50. The second-order valence-electron chi connectivity index (χ2n) is 6.01. The largest absolute Gasteiger partial charge is 0.325 e. The quantitative estimate of drug-likeness (QED) is 0.851. The molecule has 0 radical (unpaired) electrons. The first-order valence-corrected chi connectivity index (χ1v) is 7.41. The molecule has 1 heterocycles. The van der Waals surface area contributed by atoms with E-state index in [0.717, 1.165) is 30.4 Å². The van der Waals surface area contributed by atoms with Gasteiger partial charge in [-0.2, -0.15) is 0 Å². The number of benzene rings is 1. The summed E-state index contributed by atoms with van der Waals surface area (Å²) >= 11 is 0. The molecule has 0 atom stereocenters. The number of hydrogen-bond donors (Lipinski definition) is 1. The molecule has 0 bridgehead atoms. The molecule has 3 rings (SSSR count). The highest BCUT2D eigenvalue weighted by molar-refractivity contribution is 6.07. The van der Waals surface area contributed by atoms with Crippen LogP contribution in [0.3, 0.4) is 0 Å². The first-order chi connectivity index (χ1) is 10.0. The van der Waals surface area contributed by atoms with Crippen LogP contribution in [-0.2, 0) is 11.3 Å². The number of rotatable bonds is 2. The zero-order valence-corrected chi connectivity index (χ0v) is 12.1. The molecule has 1 saturated carbocycles. The smallest absolute Gasteiger partial charge is 0.305 e. The zero-order valence-electron chi connectivity index (χ0n) is 12.1. The summed E-state index contributed by atoms with van der Waals surface area (Å²) in [6.45, 7) is 2.17. The molecule has 2 fully saturated rings. The number of amides is 3. The van der Waals surface area contributed by atoms with Gasteiger partial charge in [0.15, 0.2) is 0 Å². The summed E-state index contributed by atoms with van der Waals surface area (Å²) in [5, 5.41) is 2.44. The molecule has 1 aliphatic carbocycles. The maximum absolute atomic E-state index is 13.4. The van der Waals surface area contributed by atoms with Crippen molar-refractivity contribution in [3.8, 4) is 0 Å². The Morgan fingerprint density at radius 2 is 1.95 bits per heavy atom. The van der Waals surface area contributed by atoms with E-state index in [1.807, 2.05) is 6.92 Å². The van der Waals surface area contributed by atoms with Gasteiger partial charge >= 0.3 is 6.03 Å². The Labute approximate surface area is 123 Å². The van der Waals surface area contributed by atoms with Crippen LogP contribution in [0.1, 0.15) is 43.2 Å². The SMILES string of the molecule is Cc1ccc(F)cc1CN1C(=O)NC(=O)C12CCCCC2. The number of nitrogens with zero attached hydrogens (tertiary/aromatic N) is 1. The molecule has 1 saturated heterocycles. The van der Waals surface area contributed by atoms with Gasteiger partial charge in [0.25, 0.3) is 5.91 Å². The van der Waals surface area contributed by atoms with E-state index in [4.69, 9.17) is 0 Å². The van der Waals surface area contributed by atoms with Crippen molar-refractivity contribution in [3.63, 3.8) is 0 Å². The van der Waals surface area contributed by atoms with Crippen molar-refractivity contribution in [2.45, 2.75) is 51.1 Å². The average molecular weight is 290 g/mol. The van der Waals surface area contributed by atoms with E-state index >= 15 is 0 Å². The van der Waals surface area contributed by atoms with Gasteiger partial charge in [0, 0.05) is 6.54 Å². The monoisotopic (exact) mass is 290 g/mol. The molecule has 1 spiro atoms. The van der Waals surface area contributed by atoms with Gasteiger partial charge in [0.05, 0.1) is 0 Å². The predicted molar refractivity (Wildman–Crippen MR) is 76.0 cm³/mol. The van der Waals surface area contributed by atoms with Crippen molar-refractivity contribution < 1.29 is 14.0 Å². The molecular weight excluding hydrogens is 271 g/mol. The van der Waals surface area contributed by atoms with Gasteiger partial charge in [-0.25, -0.2) is 9.18 Å².